The van der Waals surface area contributed by atoms with Gasteiger partial charge in [0.1, 0.15) is 0 Å². The van der Waals surface area contributed by atoms with Gasteiger partial charge in [-0.1, -0.05) is 0 Å². The first-order valence-corrected chi connectivity index (χ1v) is 11.8. The number of alkyl carbamates (subject to hydrolysis) is 1. The molecule has 0 radical (unpaired) electrons. The third kappa shape index (κ3) is 7.78. The predicted octanol–water partition coefficient (Wildman–Crippen LogP) is 2.55. The normalized spacial score (nSPS) is 16.4. The van der Waals surface area contributed by atoms with Crippen LogP contribution in [0.2, 0.25) is 0 Å². The van der Waals surface area contributed by atoms with Gasteiger partial charge in [0.05, 0.1) is 33.4 Å². The molecule has 0 bridgehead atoms. The minimum absolute atomic E-state index is 0.0598. The molecule has 14 heteroatoms. The monoisotopic (exact) mass is 540 g/mol. The Labute approximate surface area is 217 Å². The van der Waals surface area contributed by atoms with E-state index in [2.05, 4.69) is 24.5 Å². The molecule has 1 saturated heterocycles. The van der Waals surface area contributed by atoms with Gasteiger partial charge >= 0.3 is 12.7 Å². The lowest BCUT2D eigenvalue weighted by molar-refractivity contribution is -0.126. The van der Waals surface area contributed by atoms with Gasteiger partial charge in [0, 0.05) is 18.7 Å². The smallest absolute Gasteiger partial charge is 0.407 e. The van der Waals surface area contributed by atoms with Crippen molar-refractivity contribution >= 4 is 18.5 Å². The molecule has 1 aliphatic heterocycles. The first-order chi connectivity index (χ1) is 18.3. The molecule has 38 heavy (non-hydrogen) atoms. The lowest BCUT2D eigenvalue weighted by Crippen LogP contribution is -2.38. The van der Waals surface area contributed by atoms with Crippen molar-refractivity contribution in [2.75, 3.05) is 33.9 Å². The second kappa shape index (κ2) is 13.6. The van der Waals surface area contributed by atoms with Crippen LogP contribution in [-0.2, 0) is 20.8 Å². The molecule has 1 aromatic carbocycles. The van der Waals surface area contributed by atoms with E-state index >= 15 is 0 Å². The number of nitrogens with one attached hydrogen (secondary N) is 1. The minimum atomic E-state index is -3.00. The molecule has 2 amide bonds. The first-order valence-electron chi connectivity index (χ1n) is 11.8. The molecule has 1 aliphatic carbocycles. The summed E-state index contributed by atoms with van der Waals surface area (Å²) in [5.74, 6) is 0.358. The fourth-order valence-electron chi connectivity index (χ4n) is 3.66. The van der Waals surface area contributed by atoms with Gasteiger partial charge in [-0.05, 0) is 43.4 Å². The maximum atomic E-state index is 13.1. The standard InChI is InChI=1S/C22H26F2N4O6.C2H4O2/c1-31-22(30)26-14-6-7-28(10-14)20(29)18-17(9-25)33-19(27-18)13-4-5-15(34-21(23)24)16(8-13)32-11-12-2-3-12;1-4-2-3/h4-5,8,12,14,21H,2-3,6-7,9-11,25H2,1H3,(H,26,30);2H,1H3. The van der Waals surface area contributed by atoms with Crippen LogP contribution in [0.15, 0.2) is 22.6 Å². The van der Waals surface area contributed by atoms with Gasteiger partial charge in [-0.2, -0.15) is 8.78 Å². The molecule has 1 unspecified atom stereocenters. The van der Waals surface area contributed by atoms with E-state index in [1.165, 1.54) is 32.4 Å². The van der Waals surface area contributed by atoms with Crippen LogP contribution in [0.3, 0.4) is 0 Å². The van der Waals surface area contributed by atoms with E-state index in [-0.39, 0.29) is 47.3 Å². The third-order valence-electron chi connectivity index (χ3n) is 5.74. The number of rotatable bonds is 10. The number of amides is 2. The van der Waals surface area contributed by atoms with Gasteiger partial charge < -0.3 is 39.3 Å². The number of carbonyl (C=O) groups is 3. The van der Waals surface area contributed by atoms with Gasteiger partial charge in [0.2, 0.25) is 5.89 Å². The summed E-state index contributed by atoms with van der Waals surface area (Å²) < 4.78 is 50.0. The Kier molecular flexibility index (Phi) is 10.2. The number of aromatic nitrogens is 1. The van der Waals surface area contributed by atoms with Crippen molar-refractivity contribution in [3.63, 3.8) is 0 Å². The number of nitrogens with zero attached hydrogens (tertiary/aromatic N) is 2. The van der Waals surface area contributed by atoms with Crippen LogP contribution < -0.4 is 20.5 Å². The predicted molar refractivity (Wildman–Crippen MR) is 128 cm³/mol. The van der Waals surface area contributed by atoms with E-state index in [0.29, 0.717) is 44.1 Å². The molecule has 1 atom stereocenters. The SMILES string of the molecule is COC(=O)NC1CCN(C(=O)c2nc(-c3ccc(OC(F)F)c(OCC4CC4)c3)oc2CN)C1.COC=O. The highest BCUT2D eigenvalue weighted by molar-refractivity contribution is 5.94. The van der Waals surface area contributed by atoms with E-state index in [0.717, 1.165) is 12.8 Å². The summed E-state index contributed by atoms with van der Waals surface area (Å²) >= 11 is 0. The Morgan fingerprint density at radius 3 is 2.61 bits per heavy atom. The highest BCUT2D eigenvalue weighted by Crippen LogP contribution is 2.36. The number of oxazole rings is 1. The van der Waals surface area contributed by atoms with Crippen molar-refractivity contribution in [3.8, 4) is 23.0 Å². The molecule has 1 aromatic heterocycles. The summed E-state index contributed by atoms with van der Waals surface area (Å²) in [5.41, 5.74) is 6.26. The summed E-state index contributed by atoms with van der Waals surface area (Å²) in [4.78, 5) is 39.3. The summed E-state index contributed by atoms with van der Waals surface area (Å²) in [6, 6.07) is 4.10. The summed E-state index contributed by atoms with van der Waals surface area (Å²) in [6.45, 7) is -1.59. The number of benzene rings is 1. The van der Waals surface area contributed by atoms with Gasteiger partial charge in [0.15, 0.2) is 23.0 Å². The number of hydrogen-bond donors (Lipinski definition) is 2. The summed E-state index contributed by atoms with van der Waals surface area (Å²) in [7, 11) is 2.58. The quantitative estimate of drug-likeness (QED) is 0.430. The Morgan fingerprint density at radius 1 is 1.26 bits per heavy atom. The van der Waals surface area contributed by atoms with Crippen LogP contribution >= 0.6 is 0 Å². The molecular formula is C24H30F2N4O8. The van der Waals surface area contributed by atoms with E-state index in [1.54, 1.807) is 4.90 Å². The van der Waals surface area contributed by atoms with E-state index < -0.39 is 12.7 Å². The molecule has 2 heterocycles. The van der Waals surface area contributed by atoms with Crippen molar-refractivity contribution < 1.29 is 46.5 Å². The van der Waals surface area contributed by atoms with Crippen LogP contribution in [0.4, 0.5) is 13.6 Å². The Morgan fingerprint density at radius 2 is 2.00 bits per heavy atom. The maximum Gasteiger partial charge on any atom is 0.407 e. The highest BCUT2D eigenvalue weighted by atomic mass is 19.3. The zero-order valence-electron chi connectivity index (χ0n) is 21.0. The number of halogens is 2. The number of hydrogen-bond acceptors (Lipinski definition) is 10. The lowest BCUT2D eigenvalue weighted by Gasteiger charge is -2.15. The summed E-state index contributed by atoms with van der Waals surface area (Å²) in [6.07, 6.45) is 2.06. The average Bonchev–Trinajstić information content (AvgIpc) is 3.46. The Balaban J connectivity index is 0.000000934. The molecule has 1 saturated carbocycles. The molecule has 3 N–H and O–H groups in total. The second-order valence-electron chi connectivity index (χ2n) is 8.49. The van der Waals surface area contributed by atoms with Gasteiger partial charge in [-0.25, -0.2) is 9.78 Å². The van der Waals surface area contributed by atoms with Crippen LogP contribution in [0, 0.1) is 5.92 Å². The molecule has 2 aliphatic rings. The van der Waals surface area contributed by atoms with E-state index in [9.17, 15) is 18.4 Å². The van der Waals surface area contributed by atoms with Crippen LogP contribution in [0.5, 0.6) is 11.5 Å². The topological polar surface area (TPSA) is 155 Å². The van der Waals surface area contributed by atoms with Crippen LogP contribution in [0.1, 0.15) is 35.5 Å². The Hall–Kier alpha value is -3.94. The number of carbonyl (C=O) groups excluding carboxylic acids is 3. The second-order valence-corrected chi connectivity index (χ2v) is 8.49. The lowest BCUT2D eigenvalue weighted by atomic mass is 10.2. The van der Waals surface area contributed by atoms with Crippen molar-refractivity contribution in [1.29, 1.82) is 0 Å². The summed E-state index contributed by atoms with van der Waals surface area (Å²) in [5, 5.41) is 2.67. The van der Waals surface area contributed by atoms with Crippen LogP contribution in [-0.4, -0.2) is 74.9 Å². The van der Waals surface area contributed by atoms with Gasteiger partial charge in [0.25, 0.3) is 12.4 Å². The van der Waals surface area contributed by atoms with Crippen LogP contribution in [0.25, 0.3) is 11.5 Å². The highest BCUT2D eigenvalue weighted by Gasteiger charge is 2.32. The van der Waals surface area contributed by atoms with Crippen molar-refractivity contribution in [3.05, 3.63) is 29.7 Å². The van der Waals surface area contributed by atoms with E-state index in [1.807, 2.05) is 0 Å². The van der Waals surface area contributed by atoms with Gasteiger partial charge in [-0.3, -0.25) is 9.59 Å². The number of alkyl halides is 2. The van der Waals surface area contributed by atoms with Crippen molar-refractivity contribution in [2.24, 2.45) is 11.7 Å². The average molecular weight is 541 g/mol. The first kappa shape index (κ1) is 28.6. The number of likely N-dealkylation sites (tertiary alicyclic amines) is 1. The fraction of sp³-hybridized carbons (Fsp3) is 0.500. The molecular weight excluding hydrogens is 510 g/mol. The van der Waals surface area contributed by atoms with E-state index in [4.69, 9.17) is 19.7 Å². The third-order valence-corrected chi connectivity index (χ3v) is 5.74. The largest absolute Gasteiger partial charge is 0.489 e. The maximum absolute atomic E-state index is 13.1. The number of nitrogens with two attached hydrogens (primary N) is 1. The molecule has 2 fully saturated rings. The molecule has 2 aromatic rings. The van der Waals surface area contributed by atoms with Crippen molar-refractivity contribution in [2.45, 2.75) is 38.5 Å². The minimum Gasteiger partial charge on any atom is -0.489 e. The van der Waals surface area contributed by atoms with Crippen molar-refractivity contribution in [1.82, 2.24) is 15.2 Å². The van der Waals surface area contributed by atoms with Gasteiger partial charge in [-0.15, -0.1) is 0 Å². The zero-order chi connectivity index (χ0) is 27.7. The molecule has 0 spiro atoms. The molecule has 208 valence electrons. The molecule has 4 rings (SSSR count). The number of ether oxygens (including phenoxy) is 4. The number of methoxy groups -OCH3 is 2. The zero-order valence-corrected chi connectivity index (χ0v) is 21.0. The molecule has 12 nitrogen and oxygen atoms in total. The fourth-order valence-corrected chi connectivity index (χ4v) is 3.66. The Bertz CT molecular complexity index is 1110.